The largest absolute Gasteiger partial charge is 0.493 e. The third-order valence-electron chi connectivity index (χ3n) is 4.42. The first-order valence-corrected chi connectivity index (χ1v) is 8.32. The van der Waals surface area contributed by atoms with E-state index in [1.807, 2.05) is 0 Å². The Morgan fingerprint density at radius 3 is 2.32 bits per heavy atom. The van der Waals surface area contributed by atoms with E-state index in [0.29, 0.717) is 17.1 Å². The highest BCUT2D eigenvalue weighted by Gasteiger charge is 2.21. The average molecular weight is 340 g/mol. The Bertz CT molecular complexity index is 790. The lowest BCUT2D eigenvalue weighted by Gasteiger charge is -2.17. The molecule has 0 heterocycles. The van der Waals surface area contributed by atoms with Gasteiger partial charge in [-0.25, -0.2) is 4.79 Å². The van der Waals surface area contributed by atoms with Crippen molar-refractivity contribution in [2.75, 3.05) is 7.11 Å². The number of ether oxygens (including phenoxy) is 2. The number of carbonyl (C=O) groups is 2. The van der Waals surface area contributed by atoms with E-state index >= 15 is 0 Å². The van der Waals surface area contributed by atoms with Crippen LogP contribution in [0, 0.1) is 0 Å². The van der Waals surface area contributed by atoms with Crippen LogP contribution in [0.5, 0.6) is 11.5 Å². The topological polar surface area (TPSA) is 72.8 Å². The fourth-order valence-corrected chi connectivity index (χ4v) is 3.12. The highest BCUT2D eigenvalue weighted by atomic mass is 16.5. The van der Waals surface area contributed by atoms with Gasteiger partial charge >= 0.3 is 5.97 Å². The molecular weight excluding hydrogens is 320 g/mol. The van der Waals surface area contributed by atoms with Gasteiger partial charge in [-0.2, -0.15) is 0 Å². The predicted molar refractivity (Wildman–Crippen MR) is 92.7 cm³/mol. The molecule has 1 aliphatic rings. The minimum Gasteiger partial charge on any atom is -0.493 e. The summed E-state index contributed by atoms with van der Waals surface area (Å²) in [5.41, 5.74) is 0.524. The first kappa shape index (κ1) is 17.0. The lowest BCUT2D eigenvalue weighted by atomic mass is 9.98. The minimum atomic E-state index is -1.13. The standard InChI is InChI=1S/C20H20O5/c1-24-17-11-10-13(12-18(17)25-14-6-2-3-7-14)19(21)15-8-4-5-9-16(15)20(22)23/h4-5,8-12,14H,2-3,6-7H2,1H3,(H,22,23). The van der Waals surface area contributed by atoms with Crippen LogP contribution in [0.2, 0.25) is 0 Å². The molecule has 25 heavy (non-hydrogen) atoms. The number of carbonyl (C=O) groups excluding carboxylic acids is 1. The van der Waals surface area contributed by atoms with Gasteiger partial charge in [-0.3, -0.25) is 4.79 Å². The number of hydrogen-bond donors (Lipinski definition) is 1. The van der Waals surface area contributed by atoms with Gasteiger partial charge in [-0.15, -0.1) is 0 Å². The van der Waals surface area contributed by atoms with Gasteiger partial charge in [-0.05, 0) is 49.9 Å². The van der Waals surface area contributed by atoms with Gasteiger partial charge in [0, 0.05) is 11.1 Å². The van der Waals surface area contributed by atoms with Crippen LogP contribution in [0.3, 0.4) is 0 Å². The summed E-state index contributed by atoms with van der Waals surface area (Å²) in [4.78, 5) is 24.2. The van der Waals surface area contributed by atoms with Gasteiger partial charge < -0.3 is 14.6 Å². The van der Waals surface area contributed by atoms with Crippen molar-refractivity contribution < 1.29 is 24.2 Å². The van der Waals surface area contributed by atoms with Crippen molar-refractivity contribution in [3.05, 3.63) is 59.2 Å². The normalized spacial score (nSPS) is 14.3. The van der Waals surface area contributed by atoms with Gasteiger partial charge in [0.2, 0.25) is 0 Å². The molecule has 0 unspecified atom stereocenters. The van der Waals surface area contributed by atoms with E-state index in [-0.39, 0.29) is 23.0 Å². The molecular formula is C20H20O5. The van der Waals surface area contributed by atoms with E-state index in [1.165, 1.54) is 12.1 Å². The quantitative estimate of drug-likeness (QED) is 0.806. The summed E-state index contributed by atoms with van der Waals surface area (Å²) in [6, 6.07) is 11.1. The molecule has 0 atom stereocenters. The Labute approximate surface area is 146 Å². The Morgan fingerprint density at radius 1 is 1.00 bits per heavy atom. The number of carboxylic acid groups (broad SMARTS) is 1. The number of ketones is 1. The van der Waals surface area contributed by atoms with Gasteiger partial charge in [0.15, 0.2) is 17.3 Å². The van der Waals surface area contributed by atoms with Gasteiger partial charge in [0.25, 0.3) is 0 Å². The second kappa shape index (κ2) is 7.38. The third-order valence-corrected chi connectivity index (χ3v) is 4.42. The van der Waals surface area contributed by atoms with Gasteiger partial charge in [0.05, 0.1) is 18.8 Å². The second-order valence-corrected chi connectivity index (χ2v) is 6.07. The molecule has 2 aromatic rings. The molecule has 0 amide bonds. The summed E-state index contributed by atoms with van der Waals surface area (Å²) in [6.07, 6.45) is 4.38. The molecule has 0 saturated heterocycles. The molecule has 1 fully saturated rings. The number of aromatic carboxylic acids is 1. The van der Waals surface area contributed by atoms with Crippen molar-refractivity contribution in [1.29, 1.82) is 0 Å². The van der Waals surface area contributed by atoms with Crippen molar-refractivity contribution in [3.63, 3.8) is 0 Å². The lowest BCUT2D eigenvalue weighted by molar-refractivity contribution is 0.0693. The summed E-state index contributed by atoms with van der Waals surface area (Å²) in [7, 11) is 1.55. The average Bonchev–Trinajstić information content (AvgIpc) is 3.14. The molecule has 0 bridgehead atoms. The Balaban J connectivity index is 1.94. The van der Waals surface area contributed by atoms with Crippen LogP contribution in [0.4, 0.5) is 0 Å². The number of methoxy groups -OCH3 is 1. The van der Waals surface area contributed by atoms with Crippen LogP contribution < -0.4 is 9.47 Å². The maximum absolute atomic E-state index is 12.8. The summed E-state index contributed by atoms with van der Waals surface area (Å²) in [6.45, 7) is 0. The second-order valence-electron chi connectivity index (χ2n) is 6.07. The summed E-state index contributed by atoms with van der Waals surface area (Å²) in [5.74, 6) is -0.389. The molecule has 0 radical (unpaired) electrons. The molecule has 1 saturated carbocycles. The monoisotopic (exact) mass is 340 g/mol. The summed E-state index contributed by atoms with van der Waals surface area (Å²) >= 11 is 0. The van der Waals surface area contributed by atoms with Crippen molar-refractivity contribution in [1.82, 2.24) is 0 Å². The Kier molecular flexibility index (Phi) is 5.03. The molecule has 1 N–H and O–H groups in total. The van der Waals surface area contributed by atoms with Crippen molar-refractivity contribution in [3.8, 4) is 11.5 Å². The van der Waals surface area contributed by atoms with Crippen molar-refractivity contribution in [2.24, 2.45) is 0 Å². The maximum atomic E-state index is 12.8. The van der Waals surface area contributed by atoms with Gasteiger partial charge in [0.1, 0.15) is 0 Å². The fourth-order valence-electron chi connectivity index (χ4n) is 3.12. The first-order chi connectivity index (χ1) is 12.1. The molecule has 0 aliphatic heterocycles. The maximum Gasteiger partial charge on any atom is 0.336 e. The van der Waals surface area contributed by atoms with E-state index in [4.69, 9.17) is 9.47 Å². The molecule has 0 spiro atoms. The Morgan fingerprint density at radius 2 is 1.68 bits per heavy atom. The molecule has 5 heteroatoms. The smallest absolute Gasteiger partial charge is 0.336 e. The number of rotatable bonds is 6. The van der Waals surface area contributed by atoms with Gasteiger partial charge in [-0.1, -0.05) is 18.2 Å². The van der Waals surface area contributed by atoms with Crippen LogP contribution >= 0.6 is 0 Å². The van der Waals surface area contributed by atoms with Crippen molar-refractivity contribution in [2.45, 2.75) is 31.8 Å². The van der Waals surface area contributed by atoms with E-state index in [0.717, 1.165) is 25.7 Å². The van der Waals surface area contributed by atoms with Crippen LogP contribution in [0.15, 0.2) is 42.5 Å². The van der Waals surface area contributed by atoms with Crippen LogP contribution in [-0.2, 0) is 0 Å². The van der Waals surface area contributed by atoms with E-state index < -0.39 is 5.97 Å². The first-order valence-electron chi connectivity index (χ1n) is 8.32. The Hall–Kier alpha value is -2.82. The summed E-state index contributed by atoms with van der Waals surface area (Å²) < 4.78 is 11.3. The zero-order valence-electron chi connectivity index (χ0n) is 14.0. The molecule has 2 aromatic carbocycles. The third kappa shape index (κ3) is 3.65. The molecule has 5 nitrogen and oxygen atoms in total. The SMILES string of the molecule is COc1ccc(C(=O)c2ccccc2C(=O)O)cc1OC1CCCC1. The van der Waals surface area contributed by atoms with Crippen molar-refractivity contribution >= 4 is 11.8 Å². The highest BCUT2D eigenvalue weighted by molar-refractivity contribution is 6.14. The molecule has 1 aliphatic carbocycles. The molecule has 0 aromatic heterocycles. The molecule has 130 valence electrons. The van der Waals surface area contributed by atoms with Crippen LogP contribution in [0.25, 0.3) is 0 Å². The van der Waals surface area contributed by atoms with Crippen LogP contribution in [0.1, 0.15) is 52.0 Å². The number of hydrogen-bond acceptors (Lipinski definition) is 4. The highest BCUT2D eigenvalue weighted by Crippen LogP contribution is 2.33. The minimum absolute atomic E-state index is 0.0124. The lowest BCUT2D eigenvalue weighted by Crippen LogP contribution is -2.13. The van der Waals surface area contributed by atoms with E-state index in [1.54, 1.807) is 37.4 Å². The van der Waals surface area contributed by atoms with Crippen LogP contribution in [-0.4, -0.2) is 30.1 Å². The predicted octanol–water partition coefficient (Wildman–Crippen LogP) is 3.95. The molecule has 3 rings (SSSR count). The fraction of sp³-hybridized carbons (Fsp3) is 0.300. The van der Waals surface area contributed by atoms with E-state index in [2.05, 4.69) is 0 Å². The number of benzene rings is 2. The van der Waals surface area contributed by atoms with E-state index in [9.17, 15) is 14.7 Å². The zero-order chi connectivity index (χ0) is 17.8. The summed E-state index contributed by atoms with van der Waals surface area (Å²) in [5, 5.41) is 9.29. The number of carboxylic acids is 1. The zero-order valence-corrected chi connectivity index (χ0v) is 14.0.